The van der Waals surface area contributed by atoms with Crippen molar-refractivity contribution in [2.45, 2.75) is 71.1 Å². The van der Waals surface area contributed by atoms with Crippen LogP contribution < -0.4 is 10.6 Å². The number of aryl methyl sites for hydroxylation is 1. The summed E-state index contributed by atoms with van der Waals surface area (Å²) >= 11 is 0. The van der Waals surface area contributed by atoms with Crippen molar-refractivity contribution in [3.8, 4) is 0 Å². The molecular weight excluding hydrogens is 332 g/mol. The van der Waals surface area contributed by atoms with E-state index in [-0.39, 0.29) is 5.91 Å². The Labute approximate surface area is 164 Å². The highest BCUT2D eigenvalue weighted by molar-refractivity contribution is 5.91. The van der Waals surface area contributed by atoms with Crippen molar-refractivity contribution in [1.29, 1.82) is 0 Å². The van der Waals surface area contributed by atoms with E-state index in [1.54, 1.807) is 0 Å². The number of benzene rings is 1. The number of unbranched alkanes of at least 4 members (excludes halogenated alkanes) is 1. The first-order chi connectivity index (χ1) is 13.1. The van der Waals surface area contributed by atoms with Gasteiger partial charge in [-0.05, 0) is 92.2 Å². The van der Waals surface area contributed by atoms with E-state index in [0.717, 1.165) is 36.4 Å². The van der Waals surface area contributed by atoms with E-state index in [9.17, 15) is 4.79 Å². The Balaban J connectivity index is 1.17. The molecule has 4 fully saturated rings. The summed E-state index contributed by atoms with van der Waals surface area (Å²) < 4.78 is 0. The number of anilines is 1. The molecule has 0 unspecified atom stereocenters. The van der Waals surface area contributed by atoms with E-state index in [0.29, 0.717) is 12.0 Å². The predicted octanol–water partition coefficient (Wildman–Crippen LogP) is 4.14. The van der Waals surface area contributed by atoms with Crippen molar-refractivity contribution in [2.75, 3.05) is 18.4 Å². The highest BCUT2D eigenvalue weighted by Crippen LogP contribution is 2.61. The molecule has 3 N–H and O–H groups in total. The summed E-state index contributed by atoms with van der Waals surface area (Å²) in [6.45, 7) is 3.87. The van der Waals surface area contributed by atoms with Crippen LogP contribution in [0.4, 0.5) is 5.69 Å². The van der Waals surface area contributed by atoms with Crippen molar-refractivity contribution >= 4 is 11.6 Å². The van der Waals surface area contributed by atoms with Crippen LogP contribution in [0.2, 0.25) is 0 Å². The number of hydrogen-bond acceptors (Lipinski definition) is 1. The fourth-order valence-electron chi connectivity index (χ4n) is 6.59. The molecule has 1 aromatic carbocycles. The molecule has 0 aliphatic heterocycles. The zero-order chi connectivity index (χ0) is 18.7. The smallest absolute Gasteiger partial charge is 0.279 e. The molecule has 4 aliphatic carbocycles. The summed E-state index contributed by atoms with van der Waals surface area (Å²) in [5, 5.41) is 5.28. The van der Waals surface area contributed by atoms with Crippen LogP contribution in [-0.4, -0.2) is 19.0 Å². The van der Waals surface area contributed by atoms with Gasteiger partial charge >= 0.3 is 0 Å². The van der Waals surface area contributed by atoms with Crippen molar-refractivity contribution in [3.63, 3.8) is 0 Å². The minimum absolute atomic E-state index is 0.127. The standard InChI is InChI=1S/C24H36N2O/c1-2-3-4-18-5-7-22(8-6-18)26-23(27)17-25-10-9-24-14-19-11-20(15-24)13-21(12-19)16-24/h5-8,19-21,25H,2-4,9-17H2,1H3,(H,26,27)/p+1. The third-order valence-electron chi connectivity index (χ3n) is 7.43. The highest BCUT2D eigenvalue weighted by Gasteiger charge is 2.50. The molecule has 3 heteroatoms. The van der Waals surface area contributed by atoms with E-state index in [2.05, 4.69) is 29.7 Å². The number of hydrogen-bond donors (Lipinski definition) is 2. The Morgan fingerprint density at radius 3 is 2.30 bits per heavy atom. The fourth-order valence-corrected chi connectivity index (χ4v) is 6.59. The van der Waals surface area contributed by atoms with E-state index in [4.69, 9.17) is 0 Å². The third kappa shape index (κ3) is 4.74. The molecule has 0 saturated heterocycles. The van der Waals surface area contributed by atoms with Crippen LogP contribution in [-0.2, 0) is 11.2 Å². The maximum atomic E-state index is 12.2. The first-order valence-corrected chi connectivity index (χ1v) is 11.3. The number of carbonyl (C=O) groups excluding carboxylic acids is 1. The summed E-state index contributed by atoms with van der Waals surface area (Å²) in [7, 11) is 0. The van der Waals surface area contributed by atoms with Gasteiger partial charge in [0, 0.05) is 12.1 Å². The summed E-state index contributed by atoms with van der Waals surface area (Å²) in [4.78, 5) is 12.2. The number of rotatable bonds is 9. The number of nitrogens with one attached hydrogen (secondary N) is 1. The largest absolute Gasteiger partial charge is 0.338 e. The lowest BCUT2D eigenvalue weighted by Crippen LogP contribution is -2.86. The molecule has 5 rings (SSSR count). The molecule has 0 heterocycles. The number of nitrogens with two attached hydrogens (primary N) is 1. The Hall–Kier alpha value is -1.35. The van der Waals surface area contributed by atoms with Gasteiger partial charge in [-0.1, -0.05) is 25.5 Å². The molecule has 0 spiro atoms. The normalized spacial score (nSPS) is 31.2. The number of amides is 1. The average Bonchev–Trinajstić information content (AvgIpc) is 2.64. The number of quaternary nitrogens is 1. The lowest BCUT2D eigenvalue weighted by molar-refractivity contribution is -0.645. The van der Waals surface area contributed by atoms with Crippen LogP contribution in [0, 0.1) is 23.2 Å². The first-order valence-electron chi connectivity index (χ1n) is 11.3. The predicted molar refractivity (Wildman–Crippen MR) is 111 cm³/mol. The minimum atomic E-state index is 0.127. The molecule has 27 heavy (non-hydrogen) atoms. The maximum absolute atomic E-state index is 12.2. The van der Waals surface area contributed by atoms with Crippen LogP contribution in [0.3, 0.4) is 0 Å². The van der Waals surface area contributed by atoms with Gasteiger partial charge in [0.05, 0.1) is 6.54 Å². The van der Waals surface area contributed by atoms with Gasteiger partial charge in [-0.25, -0.2) is 0 Å². The Bertz CT molecular complexity index is 601. The summed E-state index contributed by atoms with van der Waals surface area (Å²) in [5.41, 5.74) is 2.92. The quantitative estimate of drug-likeness (QED) is 0.632. The van der Waals surface area contributed by atoms with Crippen LogP contribution >= 0.6 is 0 Å². The van der Waals surface area contributed by atoms with Gasteiger partial charge in [-0.15, -0.1) is 0 Å². The molecule has 3 nitrogen and oxygen atoms in total. The topological polar surface area (TPSA) is 45.7 Å². The monoisotopic (exact) mass is 369 g/mol. The van der Waals surface area contributed by atoms with Crippen LogP contribution in [0.15, 0.2) is 24.3 Å². The number of carbonyl (C=O) groups is 1. The van der Waals surface area contributed by atoms with Crippen LogP contribution in [0.1, 0.15) is 70.3 Å². The van der Waals surface area contributed by atoms with Crippen molar-refractivity contribution < 1.29 is 10.1 Å². The molecule has 148 valence electrons. The highest BCUT2D eigenvalue weighted by atomic mass is 16.1. The Morgan fingerprint density at radius 1 is 1.07 bits per heavy atom. The third-order valence-corrected chi connectivity index (χ3v) is 7.43. The van der Waals surface area contributed by atoms with Gasteiger partial charge in [0.1, 0.15) is 0 Å². The second-order valence-corrected chi connectivity index (χ2v) is 9.80. The minimum Gasteiger partial charge on any atom is -0.338 e. The molecule has 1 amide bonds. The van der Waals surface area contributed by atoms with Gasteiger partial charge in [0.15, 0.2) is 6.54 Å². The van der Waals surface area contributed by atoms with Gasteiger partial charge in [0.25, 0.3) is 5.91 Å². The van der Waals surface area contributed by atoms with Gasteiger partial charge in [-0.3, -0.25) is 4.79 Å². The van der Waals surface area contributed by atoms with E-state index in [1.807, 2.05) is 12.1 Å². The molecular formula is C24H37N2O+. The zero-order valence-corrected chi connectivity index (χ0v) is 17.0. The molecule has 4 aliphatic rings. The molecule has 4 bridgehead atoms. The van der Waals surface area contributed by atoms with Crippen molar-refractivity contribution in [2.24, 2.45) is 23.2 Å². The fraction of sp³-hybridized carbons (Fsp3) is 0.708. The zero-order valence-electron chi connectivity index (χ0n) is 17.0. The molecule has 0 radical (unpaired) electrons. The van der Waals surface area contributed by atoms with E-state index < -0.39 is 0 Å². The average molecular weight is 370 g/mol. The lowest BCUT2D eigenvalue weighted by Gasteiger charge is -2.56. The van der Waals surface area contributed by atoms with Crippen LogP contribution in [0.25, 0.3) is 0 Å². The van der Waals surface area contributed by atoms with Gasteiger partial charge in [0.2, 0.25) is 0 Å². The molecule has 4 saturated carbocycles. The van der Waals surface area contributed by atoms with Crippen molar-refractivity contribution in [1.82, 2.24) is 0 Å². The summed E-state index contributed by atoms with van der Waals surface area (Å²) in [6.07, 6.45) is 13.9. The van der Waals surface area contributed by atoms with Gasteiger partial charge < -0.3 is 10.6 Å². The summed E-state index contributed by atoms with van der Waals surface area (Å²) in [6, 6.07) is 8.36. The van der Waals surface area contributed by atoms with Gasteiger partial charge in [-0.2, -0.15) is 0 Å². The molecule has 1 aromatic rings. The second kappa shape index (κ2) is 8.34. The lowest BCUT2D eigenvalue weighted by atomic mass is 9.49. The second-order valence-electron chi connectivity index (χ2n) is 9.80. The SMILES string of the molecule is CCCCc1ccc(NC(=O)C[NH2+]CCC23CC4CC(CC(C4)C2)C3)cc1. The first kappa shape index (κ1) is 19.0. The Morgan fingerprint density at radius 2 is 1.70 bits per heavy atom. The summed E-state index contributed by atoms with van der Waals surface area (Å²) in [5.74, 6) is 3.21. The molecule has 0 aromatic heterocycles. The maximum Gasteiger partial charge on any atom is 0.279 e. The van der Waals surface area contributed by atoms with E-state index in [1.165, 1.54) is 63.4 Å². The van der Waals surface area contributed by atoms with Crippen molar-refractivity contribution in [3.05, 3.63) is 29.8 Å². The Kier molecular flexibility index (Phi) is 5.87. The molecule has 0 atom stereocenters. The van der Waals surface area contributed by atoms with E-state index >= 15 is 0 Å². The van der Waals surface area contributed by atoms with Crippen LogP contribution in [0.5, 0.6) is 0 Å².